The molecule has 0 saturated heterocycles. The molecule has 5 rings (SSSR count). The molecular weight excluding hydrogens is 540 g/mol. The average molecular weight is 565 g/mol. The van der Waals surface area contributed by atoms with Crippen molar-refractivity contribution in [3.8, 4) is 11.3 Å². The number of hydrogen-bond acceptors (Lipinski definition) is 5. The number of imidazole rings is 1. The second-order valence-electron chi connectivity index (χ2n) is 8.69. The van der Waals surface area contributed by atoms with E-state index in [4.69, 9.17) is 0 Å². The number of carbonyl (C=O) groups excluding carboxylic acids is 2. The Morgan fingerprint density at radius 1 is 1.14 bits per heavy atom. The number of hydrogen-bond donors (Lipinski definition) is 2. The maximum atomic E-state index is 13.6. The quantitative estimate of drug-likeness (QED) is 0.361. The zero-order valence-electron chi connectivity index (χ0n) is 19.8. The van der Waals surface area contributed by atoms with Crippen LogP contribution in [0.15, 0.2) is 76.6 Å². The Hall–Kier alpha value is -3.37. The van der Waals surface area contributed by atoms with Crippen molar-refractivity contribution in [2.75, 3.05) is 5.32 Å². The van der Waals surface area contributed by atoms with Gasteiger partial charge < -0.3 is 15.2 Å². The third-order valence-corrected chi connectivity index (χ3v) is 8.20. The zero-order chi connectivity index (χ0) is 25.2. The Bertz CT molecular complexity index is 1410. The molecule has 2 amide bonds. The Kier molecular flexibility index (Phi) is 6.97. The first-order valence-corrected chi connectivity index (χ1v) is 13.2. The highest BCUT2D eigenvalue weighted by Gasteiger charge is 2.34. The number of fused-ring (bicyclic) bond motifs is 1. The highest BCUT2D eigenvalue weighted by Crippen LogP contribution is 2.38. The second-order valence-corrected chi connectivity index (χ2v) is 10.9. The summed E-state index contributed by atoms with van der Waals surface area (Å²) in [6.07, 6.45) is 6.72. The summed E-state index contributed by atoms with van der Waals surface area (Å²) in [7, 11) is 3.64. The van der Waals surface area contributed by atoms with Crippen molar-refractivity contribution >= 4 is 45.2 Å². The number of aryl methyl sites for hydroxylation is 3. The first-order chi connectivity index (χ1) is 17.4. The van der Waals surface area contributed by atoms with Gasteiger partial charge in [0.1, 0.15) is 11.7 Å². The minimum absolute atomic E-state index is 0.127. The van der Waals surface area contributed by atoms with Crippen LogP contribution in [0.25, 0.3) is 11.3 Å². The standard InChI is InChI=1S/C26H25BrN6O2S/c1-32-15-28-14-21(32)16-4-8-19(9-5-16)30-26(35)24(31-25(34)20-11-12-29-33(20)2)22-10-6-17-3-7-18(27)13-23(17)36-22/h3-5,7-9,11-15,22,24H,6,10H2,1-2H3,(H,30,35)(H,31,34)/t22?,24-/m0/s1. The molecule has 0 bridgehead atoms. The van der Waals surface area contributed by atoms with Crippen LogP contribution in [-0.4, -0.2) is 42.4 Å². The number of halogens is 1. The SMILES string of the molecule is Cn1cncc1-c1ccc(NC(=O)[C@@H](NC(=O)c2ccnn2C)C2CCc3ccc(Br)cc3S2)cc1. The van der Waals surface area contributed by atoms with Crippen LogP contribution in [0.1, 0.15) is 22.5 Å². The third-order valence-electron chi connectivity index (χ3n) is 6.27. The highest BCUT2D eigenvalue weighted by molar-refractivity contribution is 9.10. The van der Waals surface area contributed by atoms with E-state index in [9.17, 15) is 9.59 Å². The van der Waals surface area contributed by atoms with Gasteiger partial charge in [0, 0.05) is 40.6 Å². The fraction of sp³-hybridized carbons (Fsp3) is 0.231. The zero-order valence-corrected chi connectivity index (χ0v) is 22.2. The number of amides is 2. The smallest absolute Gasteiger partial charge is 0.270 e. The summed E-state index contributed by atoms with van der Waals surface area (Å²) in [6, 6.07) is 14.7. The molecule has 4 aromatic rings. The number of rotatable bonds is 6. The molecule has 1 aliphatic rings. The molecule has 1 unspecified atom stereocenters. The van der Waals surface area contributed by atoms with Crippen LogP contribution in [0.3, 0.4) is 0 Å². The maximum Gasteiger partial charge on any atom is 0.270 e. The number of benzene rings is 2. The lowest BCUT2D eigenvalue weighted by molar-refractivity contribution is -0.118. The van der Waals surface area contributed by atoms with Crippen molar-refractivity contribution in [3.63, 3.8) is 0 Å². The van der Waals surface area contributed by atoms with E-state index in [-0.39, 0.29) is 17.1 Å². The molecule has 0 spiro atoms. The van der Waals surface area contributed by atoms with Gasteiger partial charge in [0.25, 0.3) is 5.91 Å². The summed E-state index contributed by atoms with van der Waals surface area (Å²) >= 11 is 5.17. The van der Waals surface area contributed by atoms with Gasteiger partial charge in [-0.05, 0) is 54.3 Å². The van der Waals surface area contributed by atoms with E-state index in [0.29, 0.717) is 11.4 Å². The van der Waals surface area contributed by atoms with Crippen LogP contribution in [-0.2, 0) is 25.3 Å². The van der Waals surface area contributed by atoms with Crippen LogP contribution in [0.4, 0.5) is 5.69 Å². The van der Waals surface area contributed by atoms with Crippen molar-refractivity contribution in [1.29, 1.82) is 0 Å². The van der Waals surface area contributed by atoms with E-state index in [1.54, 1.807) is 43.6 Å². The summed E-state index contributed by atoms with van der Waals surface area (Å²) in [5, 5.41) is 9.94. The van der Waals surface area contributed by atoms with Gasteiger partial charge in [0.15, 0.2) is 0 Å². The van der Waals surface area contributed by atoms with Crippen molar-refractivity contribution < 1.29 is 9.59 Å². The van der Waals surface area contributed by atoms with Crippen LogP contribution < -0.4 is 10.6 Å². The normalized spacial score (nSPS) is 15.7. The molecule has 2 aromatic heterocycles. The number of thioether (sulfide) groups is 1. The minimum atomic E-state index is -0.735. The van der Waals surface area contributed by atoms with Gasteiger partial charge in [-0.2, -0.15) is 5.10 Å². The van der Waals surface area contributed by atoms with Gasteiger partial charge in [-0.25, -0.2) is 4.98 Å². The van der Waals surface area contributed by atoms with Crippen LogP contribution in [0, 0.1) is 0 Å². The number of nitrogens with one attached hydrogen (secondary N) is 2. The number of nitrogens with zero attached hydrogens (tertiary/aromatic N) is 4. The van der Waals surface area contributed by atoms with Gasteiger partial charge >= 0.3 is 0 Å². The molecule has 0 aliphatic carbocycles. The lowest BCUT2D eigenvalue weighted by Crippen LogP contribution is -2.51. The molecule has 0 saturated carbocycles. The van der Waals surface area contributed by atoms with Gasteiger partial charge in [0.05, 0.1) is 18.2 Å². The van der Waals surface area contributed by atoms with E-state index in [1.165, 1.54) is 10.2 Å². The van der Waals surface area contributed by atoms with Gasteiger partial charge in [-0.3, -0.25) is 14.3 Å². The fourth-order valence-electron chi connectivity index (χ4n) is 4.32. The lowest BCUT2D eigenvalue weighted by atomic mass is 10.0. The molecule has 0 fully saturated rings. The first kappa shape index (κ1) is 24.3. The predicted molar refractivity (Wildman–Crippen MR) is 144 cm³/mol. The van der Waals surface area contributed by atoms with Crippen molar-refractivity contribution in [3.05, 3.63) is 83.0 Å². The Morgan fingerprint density at radius 2 is 1.94 bits per heavy atom. The lowest BCUT2D eigenvalue weighted by Gasteiger charge is -2.31. The molecule has 2 N–H and O–H groups in total. The third kappa shape index (κ3) is 5.10. The van der Waals surface area contributed by atoms with Crippen LogP contribution >= 0.6 is 27.7 Å². The van der Waals surface area contributed by atoms with Gasteiger partial charge in [-0.15, -0.1) is 11.8 Å². The topological polar surface area (TPSA) is 93.8 Å². The van der Waals surface area contributed by atoms with Crippen LogP contribution in [0.5, 0.6) is 0 Å². The predicted octanol–water partition coefficient (Wildman–Crippen LogP) is 4.43. The molecule has 36 heavy (non-hydrogen) atoms. The summed E-state index contributed by atoms with van der Waals surface area (Å²) in [6.45, 7) is 0. The van der Waals surface area contributed by atoms with Crippen molar-refractivity contribution in [2.24, 2.45) is 14.1 Å². The van der Waals surface area contributed by atoms with E-state index >= 15 is 0 Å². The summed E-state index contributed by atoms with van der Waals surface area (Å²) in [5.74, 6) is -0.586. The molecule has 0 radical (unpaired) electrons. The van der Waals surface area contributed by atoms with E-state index < -0.39 is 6.04 Å². The van der Waals surface area contributed by atoms with Crippen LogP contribution in [0.2, 0.25) is 0 Å². The molecule has 2 aromatic carbocycles. The number of anilines is 1. The van der Waals surface area contributed by atoms with Gasteiger partial charge in [0.2, 0.25) is 5.91 Å². The van der Waals surface area contributed by atoms with E-state index in [1.807, 2.05) is 41.9 Å². The molecule has 2 atom stereocenters. The molecule has 10 heteroatoms. The Balaban J connectivity index is 1.37. The molecule has 8 nitrogen and oxygen atoms in total. The molecule has 3 heterocycles. The fourth-order valence-corrected chi connectivity index (χ4v) is 6.24. The first-order valence-electron chi connectivity index (χ1n) is 11.5. The van der Waals surface area contributed by atoms with E-state index in [2.05, 4.69) is 48.8 Å². The average Bonchev–Trinajstić information content (AvgIpc) is 3.50. The summed E-state index contributed by atoms with van der Waals surface area (Å²) < 4.78 is 4.43. The Labute approximate surface area is 221 Å². The van der Waals surface area contributed by atoms with Crippen molar-refractivity contribution in [1.82, 2.24) is 24.6 Å². The van der Waals surface area contributed by atoms with Gasteiger partial charge in [-0.1, -0.05) is 34.1 Å². The second kappa shape index (κ2) is 10.3. The molecule has 184 valence electrons. The maximum absolute atomic E-state index is 13.6. The highest BCUT2D eigenvalue weighted by atomic mass is 79.9. The molecule has 1 aliphatic heterocycles. The minimum Gasteiger partial charge on any atom is -0.338 e. The van der Waals surface area contributed by atoms with Crippen molar-refractivity contribution in [2.45, 2.75) is 29.0 Å². The van der Waals surface area contributed by atoms with E-state index in [0.717, 1.165) is 33.5 Å². The molecular formula is C26H25BrN6O2S. The number of carbonyl (C=O) groups is 2. The summed E-state index contributed by atoms with van der Waals surface area (Å²) in [4.78, 5) is 31.9. The number of aromatic nitrogens is 4. The largest absolute Gasteiger partial charge is 0.338 e. The summed E-state index contributed by atoms with van der Waals surface area (Å²) in [5.41, 5.74) is 4.30. The monoisotopic (exact) mass is 564 g/mol. The Morgan fingerprint density at radius 3 is 2.64 bits per heavy atom.